The molecular weight excluding hydrogens is 402 g/mol. The lowest BCUT2D eigenvalue weighted by atomic mass is 9.70. The highest BCUT2D eigenvalue weighted by molar-refractivity contribution is 7.89. The fourth-order valence-corrected chi connectivity index (χ4v) is 7.52. The number of piperazine rings is 1. The minimum absolute atomic E-state index is 0.0575. The topological polar surface area (TPSA) is 95.5 Å². The Labute approximate surface area is 179 Å². The van der Waals surface area contributed by atoms with Crippen molar-refractivity contribution in [1.82, 2.24) is 19.6 Å². The minimum Gasteiger partial charge on any atom is -0.338 e. The van der Waals surface area contributed by atoms with Gasteiger partial charge in [-0.1, -0.05) is 13.8 Å². The van der Waals surface area contributed by atoms with Crippen molar-refractivity contribution < 1.29 is 13.2 Å². The van der Waals surface area contributed by atoms with Gasteiger partial charge in [-0.25, -0.2) is 23.1 Å². The number of aromatic nitrogens is 2. The fourth-order valence-electron chi connectivity index (χ4n) is 5.64. The average Bonchev–Trinajstić information content (AvgIpc) is 3.06. The normalized spacial score (nSPS) is 28.9. The van der Waals surface area contributed by atoms with Gasteiger partial charge in [-0.05, 0) is 43.2 Å². The van der Waals surface area contributed by atoms with E-state index in [9.17, 15) is 13.2 Å². The Morgan fingerprint density at radius 1 is 1.17 bits per heavy atom. The zero-order valence-electron chi connectivity index (χ0n) is 18.0. The molecule has 9 heteroatoms. The number of anilines is 1. The van der Waals surface area contributed by atoms with Crippen LogP contribution < -0.4 is 9.62 Å². The Kier molecular flexibility index (Phi) is 5.89. The molecule has 4 rings (SSSR count). The van der Waals surface area contributed by atoms with Gasteiger partial charge in [0, 0.05) is 57.0 Å². The standard InChI is InChI=1S/C21H33N5O3S/c1-20(2)17-5-6-21(20,18(27)15-17)16-30(28,29)24-9-4-10-25-11-13-26(14-12-25)19-22-7-3-8-23-19/h3,7-8,17,24H,4-6,9-16H2,1-2H3. The van der Waals surface area contributed by atoms with Gasteiger partial charge in [-0.2, -0.15) is 0 Å². The van der Waals surface area contributed by atoms with Crippen molar-refractivity contribution in [3.05, 3.63) is 18.5 Å². The summed E-state index contributed by atoms with van der Waals surface area (Å²) in [6.07, 6.45) is 6.49. The number of nitrogens with one attached hydrogen (secondary N) is 1. The number of nitrogens with zero attached hydrogens (tertiary/aromatic N) is 4. The Balaban J connectivity index is 1.21. The van der Waals surface area contributed by atoms with Gasteiger partial charge >= 0.3 is 0 Å². The molecule has 2 unspecified atom stereocenters. The predicted octanol–water partition coefficient (Wildman–Crippen LogP) is 1.30. The molecule has 2 aliphatic carbocycles. The number of hydrogen-bond donors (Lipinski definition) is 1. The summed E-state index contributed by atoms with van der Waals surface area (Å²) in [5, 5.41) is 0. The monoisotopic (exact) mass is 435 g/mol. The van der Waals surface area contributed by atoms with Crippen molar-refractivity contribution in [1.29, 1.82) is 0 Å². The summed E-state index contributed by atoms with van der Waals surface area (Å²) in [6, 6.07) is 1.81. The van der Waals surface area contributed by atoms with E-state index in [4.69, 9.17) is 0 Å². The van der Waals surface area contributed by atoms with Gasteiger partial charge in [-0.3, -0.25) is 9.69 Å². The van der Waals surface area contributed by atoms with Crippen LogP contribution in [0.1, 0.15) is 39.5 Å². The molecule has 0 spiro atoms. The predicted molar refractivity (Wildman–Crippen MR) is 116 cm³/mol. The van der Waals surface area contributed by atoms with Crippen LogP contribution in [0.2, 0.25) is 0 Å². The lowest BCUT2D eigenvalue weighted by Crippen LogP contribution is -2.48. The molecule has 1 aromatic rings. The lowest BCUT2D eigenvalue weighted by Gasteiger charge is -2.36. The Hall–Kier alpha value is -1.58. The highest BCUT2D eigenvalue weighted by atomic mass is 32.2. The number of carbonyl (C=O) groups excluding carboxylic acids is 1. The summed E-state index contributed by atoms with van der Waals surface area (Å²) in [5.41, 5.74) is -0.916. The maximum absolute atomic E-state index is 12.8. The van der Waals surface area contributed by atoms with Gasteiger partial charge in [-0.15, -0.1) is 0 Å². The number of carbonyl (C=O) groups is 1. The summed E-state index contributed by atoms with van der Waals surface area (Å²) >= 11 is 0. The van der Waals surface area contributed by atoms with E-state index in [-0.39, 0.29) is 17.0 Å². The summed E-state index contributed by atoms with van der Waals surface area (Å²) in [5.74, 6) is 1.19. The Bertz CT molecular complexity index is 868. The van der Waals surface area contributed by atoms with E-state index >= 15 is 0 Å². The summed E-state index contributed by atoms with van der Waals surface area (Å²) < 4.78 is 28.3. The molecule has 3 fully saturated rings. The van der Waals surface area contributed by atoms with Gasteiger partial charge in [0.1, 0.15) is 5.78 Å². The molecule has 30 heavy (non-hydrogen) atoms. The second-order valence-corrected chi connectivity index (χ2v) is 11.4. The van der Waals surface area contributed by atoms with Crippen LogP contribution >= 0.6 is 0 Å². The molecule has 166 valence electrons. The van der Waals surface area contributed by atoms with Crippen LogP contribution in [-0.2, 0) is 14.8 Å². The van der Waals surface area contributed by atoms with E-state index in [0.717, 1.165) is 51.5 Å². The highest BCUT2D eigenvalue weighted by Crippen LogP contribution is 2.64. The first-order chi connectivity index (χ1) is 14.2. The number of ketones is 1. The van der Waals surface area contributed by atoms with Crippen LogP contribution in [0.25, 0.3) is 0 Å². The maximum Gasteiger partial charge on any atom is 0.225 e. The molecule has 0 radical (unpaired) electrons. The molecule has 2 atom stereocenters. The highest BCUT2D eigenvalue weighted by Gasteiger charge is 2.65. The molecule has 3 aliphatic rings. The van der Waals surface area contributed by atoms with Gasteiger partial charge in [0.05, 0.1) is 5.75 Å². The average molecular weight is 436 g/mol. The van der Waals surface area contributed by atoms with Crippen LogP contribution in [-0.4, -0.2) is 74.1 Å². The van der Waals surface area contributed by atoms with Crippen LogP contribution in [0, 0.1) is 16.7 Å². The first-order valence-corrected chi connectivity index (χ1v) is 12.6. The van der Waals surface area contributed by atoms with Crippen molar-refractivity contribution in [2.75, 3.05) is 49.9 Å². The van der Waals surface area contributed by atoms with Crippen LogP contribution in [0.5, 0.6) is 0 Å². The number of rotatable bonds is 8. The van der Waals surface area contributed by atoms with E-state index < -0.39 is 15.4 Å². The summed E-state index contributed by atoms with van der Waals surface area (Å²) in [6.45, 7) is 8.99. The SMILES string of the molecule is CC1(C)C2CCC1(CS(=O)(=O)NCCCN1CCN(c3ncccn3)CC1)C(=O)C2. The third-order valence-electron chi connectivity index (χ3n) is 7.76. The molecule has 2 bridgehead atoms. The van der Waals surface area contributed by atoms with Crippen molar-refractivity contribution in [2.24, 2.45) is 16.7 Å². The molecule has 2 heterocycles. The number of sulfonamides is 1. The van der Waals surface area contributed by atoms with Crippen LogP contribution in [0.4, 0.5) is 5.95 Å². The van der Waals surface area contributed by atoms with Crippen molar-refractivity contribution in [3.63, 3.8) is 0 Å². The van der Waals surface area contributed by atoms with E-state index in [1.54, 1.807) is 12.4 Å². The van der Waals surface area contributed by atoms with E-state index in [2.05, 4.69) is 38.3 Å². The van der Waals surface area contributed by atoms with Crippen molar-refractivity contribution >= 4 is 21.8 Å². The number of hydrogen-bond acceptors (Lipinski definition) is 7. The first kappa shape index (κ1) is 21.6. The van der Waals surface area contributed by atoms with Gasteiger partial charge in [0.25, 0.3) is 0 Å². The zero-order chi connectivity index (χ0) is 21.4. The largest absolute Gasteiger partial charge is 0.338 e. The van der Waals surface area contributed by atoms with Crippen molar-refractivity contribution in [2.45, 2.75) is 39.5 Å². The number of Topliss-reactive ketones (excluding diaryl/α,β-unsaturated/α-hetero) is 1. The van der Waals surface area contributed by atoms with Crippen LogP contribution in [0.3, 0.4) is 0 Å². The molecule has 1 aliphatic heterocycles. The molecule has 1 aromatic heterocycles. The van der Waals surface area contributed by atoms with Crippen LogP contribution in [0.15, 0.2) is 18.5 Å². The zero-order valence-corrected chi connectivity index (χ0v) is 18.8. The van der Waals surface area contributed by atoms with Gasteiger partial charge < -0.3 is 4.90 Å². The van der Waals surface area contributed by atoms with E-state index in [1.807, 2.05) is 6.07 Å². The molecule has 1 saturated heterocycles. The maximum atomic E-state index is 12.8. The molecule has 1 N–H and O–H groups in total. The second-order valence-electron chi connectivity index (χ2n) is 9.55. The molecule has 0 amide bonds. The smallest absolute Gasteiger partial charge is 0.225 e. The number of fused-ring (bicyclic) bond motifs is 2. The summed E-state index contributed by atoms with van der Waals surface area (Å²) in [4.78, 5) is 25.7. The second kappa shape index (κ2) is 8.16. The third-order valence-corrected chi connectivity index (χ3v) is 9.27. The fraction of sp³-hybridized carbons (Fsp3) is 0.762. The molecule has 2 saturated carbocycles. The van der Waals surface area contributed by atoms with Crippen molar-refractivity contribution in [3.8, 4) is 0 Å². The molecule has 0 aromatic carbocycles. The molecule has 8 nitrogen and oxygen atoms in total. The van der Waals surface area contributed by atoms with E-state index in [0.29, 0.717) is 25.3 Å². The molecular formula is C21H33N5O3S. The minimum atomic E-state index is -3.47. The lowest BCUT2D eigenvalue weighted by molar-refractivity contribution is -0.128. The Morgan fingerprint density at radius 3 is 2.47 bits per heavy atom. The Morgan fingerprint density at radius 2 is 1.87 bits per heavy atom. The third kappa shape index (κ3) is 3.99. The first-order valence-electron chi connectivity index (χ1n) is 11.0. The quantitative estimate of drug-likeness (QED) is 0.615. The summed E-state index contributed by atoms with van der Waals surface area (Å²) in [7, 11) is -3.47. The van der Waals surface area contributed by atoms with E-state index in [1.165, 1.54) is 0 Å². The van der Waals surface area contributed by atoms with Gasteiger partial charge in [0.2, 0.25) is 16.0 Å². The van der Waals surface area contributed by atoms with Gasteiger partial charge in [0.15, 0.2) is 0 Å².